The monoisotopic (exact) mass is 247 g/mol. The second-order valence-electron chi connectivity index (χ2n) is 6.08. The van der Waals surface area contributed by atoms with Gasteiger partial charge in [0.1, 0.15) is 11.6 Å². The van der Waals surface area contributed by atoms with Crippen molar-refractivity contribution in [2.24, 2.45) is 5.41 Å². The van der Waals surface area contributed by atoms with E-state index in [1.165, 1.54) is 19.3 Å². The van der Waals surface area contributed by atoms with Gasteiger partial charge in [-0.1, -0.05) is 26.8 Å². The van der Waals surface area contributed by atoms with E-state index in [4.69, 9.17) is 0 Å². The van der Waals surface area contributed by atoms with Crippen LogP contribution < -0.4 is 10.6 Å². The van der Waals surface area contributed by atoms with Crippen LogP contribution in [-0.4, -0.2) is 17.6 Å². The largest absolute Gasteiger partial charge is 0.370 e. The molecule has 1 aliphatic rings. The Hall–Kier alpha value is -1.25. The molecule has 0 saturated heterocycles. The highest BCUT2D eigenvalue weighted by molar-refractivity contribution is 5.45. The Bertz CT molecular complexity index is 387. The molecule has 3 nitrogen and oxygen atoms in total. The molecule has 3 heteroatoms. The standard InChI is InChI=1S/C15H25N3/c1-4-10-16-13-6-5-7-14(18-13)17-12-8-9-15(2,3)11-12/h5-7,12H,4,8-11H2,1-3H3,(H2,16,17,18). The Morgan fingerprint density at radius 3 is 2.78 bits per heavy atom. The molecule has 1 atom stereocenters. The first kappa shape index (κ1) is 13.2. The van der Waals surface area contributed by atoms with Crippen LogP contribution in [0, 0.1) is 5.41 Å². The molecule has 1 heterocycles. The van der Waals surface area contributed by atoms with E-state index in [-0.39, 0.29) is 0 Å². The van der Waals surface area contributed by atoms with E-state index in [1.54, 1.807) is 0 Å². The second kappa shape index (κ2) is 5.59. The van der Waals surface area contributed by atoms with Crippen molar-refractivity contribution in [2.75, 3.05) is 17.2 Å². The minimum Gasteiger partial charge on any atom is -0.370 e. The predicted molar refractivity (Wildman–Crippen MR) is 78.1 cm³/mol. The first-order valence-corrected chi connectivity index (χ1v) is 7.06. The molecule has 0 aliphatic heterocycles. The summed E-state index contributed by atoms with van der Waals surface area (Å²) in [6, 6.07) is 6.73. The molecule has 1 aliphatic carbocycles. The molecule has 100 valence electrons. The summed E-state index contributed by atoms with van der Waals surface area (Å²) in [5.41, 5.74) is 0.482. The van der Waals surface area contributed by atoms with Crippen molar-refractivity contribution >= 4 is 11.6 Å². The summed E-state index contributed by atoms with van der Waals surface area (Å²) in [6.45, 7) is 7.84. The molecule has 1 fully saturated rings. The average molecular weight is 247 g/mol. The SMILES string of the molecule is CCCNc1cccc(NC2CCC(C)(C)C2)n1. The zero-order valence-electron chi connectivity index (χ0n) is 11.8. The molecule has 0 spiro atoms. The van der Waals surface area contributed by atoms with Gasteiger partial charge < -0.3 is 10.6 Å². The van der Waals surface area contributed by atoms with Gasteiger partial charge in [0.2, 0.25) is 0 Å². The predicted octanol–water partition coefficient (Wildman–Crippen LogP) is 3.89. The van der Waals surface area contributed by atoms with Gasteiger partial charge in [0.15, 0.2) is 0 Å². The lowest BCUT2D eigenvalue weighted by atomic mass is 9.92. The van der Waals surface area contributed by atoms with Gasteiger partial charge >= 0.3 is 0 Å². The molecule has 2 rings (SSSR count). The van der Waals surface area contributed by atoms with E-state index >= 15 is 0 Å². The number of rotatable bonds is 5. The summed E-state index contributed by atoms with van der Waals surface area (Å²) >= 11 is 0. The summed E-state index contributed by atoms with van der Waals surface area (Å²) in [7, 11) is 0. The van der Waals surface area contributed by atoms with Gasteiger partial charge in [-0.25, -0.2) is 4.98 Å². The molecule has 18 heavy (non-hydrogen) atoms. The molecule has 0 amide bonds. The van der Waals surface area contributed by atoms with Crippen molar-refractivity contribution in [3.8, 4) is 0 Å². The fraction of sp³-hybridized carbons (Fsp3) is 0.667. The molecule has 0 aromatic carbocycles. The topological polar surface area (TPSA) is 37.0 Å². The maximum atomic E-state index is 4.60. The Labute approximate surface area is 110 Å². The lowest BCUT2D eigenvalue weighted by molar-refractivity contribution is 0.378. The van der Waals surface area contributed by atoms with E-state index in [2.05, 4.69) is 48.5 Å². The lowest BCUT2D eigenvalue weighted by Gasteiger charge is -2.18. The van der Waals surface area contributed by atoms with E-state index in [0.29, 0.717) is 11.5 Å². The lowest BCUT2D eigenvalue weighted by Crippen LogP contribution is -2.18. The van der Waals surface area contributed by atoms with Crippen molar-refractivity contribution in [2.45, 2.75) is 52.5 Å². The smallest absolute Gasteiger partial charge is 0.128 e. The Balaban J connectivity index is 1.93. The van der Waals surface area contributed by atoms with Crippen LogP contribution in [0.15, 0.2) is 18.2 Å². The first-order valence-electron chi connectivity index (χ1n) is 7.06. The van der Waals surface area contributed by atoms with Crippen LogP contribution in [0.4, 0.5) is 11.6 Å². The highest BCUT2D eigenvalue weighted by Crippen LogP contribution is 2.38. The normalized spacial score (nSPS) is 21.8. The molecule has 1 saturated carbocycles. The van der Waals surface area contributed by atoms with E-state index in [1.807, 2.05) is 6.07 Å². The zero-order valence-corrected chi connectivity index (χ0v) is 11.8. The quantitative estimate of drug-likeness (QED) is 0.828. The van der Waals surface area contributed by atoms with Crippen molar-refractivity contribution in [1.29, 1.82) is 0 Å². The number of nitrogens with one attached hydrogen (secondary N) is 2. The number of aromatic nitrogens is 1. The number of pyridine rings is 1. The van der Waals surface area contributed by atoms with Gasteiger partial charge in [0.05, 0.1) is 0 Å². The molecular formula is C15H25N3. The molecule has 1 unspecified atom stereocenters. The summed E-state index contributed by atoms with van der Waals surface area (Å²) in [6.07, 6.45) is 4.91. The van der Waals surface area contributed by atoms with Crippen LogP contribution in [0.1, 0.15) is 46.5 Å². The second-order valence-corrected chi connectivity index (χ2v) is 6.08. The number of hydrogen-bond acceptors (Lipinski definition) is 3. The van der Waals surface area contributed by atoms with Gasteiger partial charge in [-0.3, -0.25) is 0 Å². The average Bonchev–Trinajstić information content (AvgIpc) is 2.66. The van der Waals surface area contributed by atoms with Crippen molar-refractivity contribution in [3.05, 3.63) is 18.2 Å². The number of hydrogen-bond donors (Lipinski definition) is 2. The molecule has 0 bridgehead atoms. The summed E-state index contributed by atoms with van der Waals surface area (Å²) in [4.78, 5) is 4.60. The third kappa shape index (κ3) is 3.62. The molecule has 1 aromatic heterocycles. The highest BCUT2D eigenvalue weighted by atomic mass is 15.1. The van der Waals surface area contributed by atoms with Gasteiger partial charge in [-0.15, -0.1) is 0 Å². The Morgan fingerprint density at radius 2 is 2.11 bits per heavy atom. The molecule has 2 N–H and O–H groups in total. The zero-order chi connectivity index (χ0) is 13.0. The highest BCUT2D eigenvalue weighted by Gasteiger charge is 2.30. The summed E-state index contributed by atoms with van der Waals surface area (Å²) in [5, 5.41) is 6.89. The maximum absolute atomic E-state index is 4.60. The maximum Gasteiger partial charge on any atom is 0.128 e. The van der Waals surface area contributed by atoms with E-state index in [0.717, 1.165) is 24.6 Å². The number of anilines is 2. The van der Waals surface area contributed by atoms with Crippen LogP contribution in [0.3, 0.4) is 0 Å². The van der Waals surface area contributed by atoms with Crippen LogP contribution in [0.25, 0.3) is 0 Å². The van der Waals surface area contributed by atoms with Crippen LogP contribution in [-0.2, 0) is 0 Å². The third-order valence-electron chi connectivity index (χ3n) is 3.63. The van der Waals surface area contributed by atoms with E-state index in [9.17, 15) is 0 Å². The van der Waals surface area contributed by atoms with Crippen LogP contribution >= 0.6 is 0 Å². The minimum atomic E-state index is 0.482. The van der Waals surface area contributed by atoms with Crippen molar-refractivity contribution in [1.82, 2.24) is 4.98 Å². The van der Waals surface area contributed by atoms with Crippen LogP contribution in [0.2, 0.25) is 0 Å². The number of nitrogens with zero attached hydrogens (tertiary/aromatic N) is 1. The fourth-order valence-corrected chi connectivity index (χ4v) is 2.64. The summed E-state index contributed by atoms with van der Waals surface area (Å²) in [5.74, 6) is 1.97. The molecule has 1 aromatic rings. The van der Waals surface area contributed by atoms with Gasteiger partial charge in [0.25, 0.3) is 0 Å². The molecular weight excluding hydrogens is 222 g/mol. The Morgan fingerprint density at radius 1 is 1.33 bits per heavy atom. The van der Waals surface area contributed by atoms with Gasteiger partial charge in [-0.05, 0) is 43.2 Å². The molecule has 0 radical (unpaired) electrons. The van der Waals surface area contributed by atoms with Gasteiger partial charge in [-0.2, -0.15) is 0 Å². The first-order chi connectivity index (χ1) is 8.59. The Kier molecular flexibility index (Phi) is 4.10. The van der Waals surface area contributed by atoms with Crippen LogP contribution in [0.5, 0.6) is 0 Å². The summed E-state index contributed by atoms with van der Waals surface area (Å²) < 4.78 is 0. The minimum absolute atomic E-state index is 0.482. The third-order valence-corrected chi connectivity index (χ3v) is 3.63. The fourth-order valence-electron chi connectivity index (χ4n) is 2.64. The van der Waals surface area contributed by atoms with Crippen molar-refractivity contribution in [3.63, 3.8) is 0 Å². The van der Waals surface area contributed by atoms with E-state index < -0.39 is 0 Å². The van der Waals surface area contributed by atoms with Gasteiger partial charge in [0, 0.05) is 12.6 Å². The van der Waals surface area contributed by atoms with Crippen molar-refractivity contribution < 1.29 is 0 Å².